The topological polar surface area (TPSA) is 100 Å². The molecule has 1 aromatic heterocycles. The molecule has 0 aliphatic heterocycles. The molecule has 0 saturated carbocycles. The van der Waals surface area contributed by atoms with Gasteiger partial charge in [-0.05, 0) is 12.8 Å². The normalized spacial score (nSPS) is 11.4. The van der Waals surface area contributed by atoms with Crippen molar-refractivity contribution in [3.8, 4) is 0 Å². The van der Waals surface area contributed by atoms with E-state index in [4.69, 9.17) is 5.73 Å². The Morgan fingerprint density at radius 3 is 2.53 bits per heavy atom. The Bertz CT molecular complexity index is 421. The number of hydrogen-bond donors (Lipinski definition) is 4. The first-order valence-electron chi connectivity index (χ1n) is 6.35. The molecule has 0 fully saturated rings. The van der Waals surface area contributed by atoms with Gasteiger partial charge in [0.05, 0.1) is 6.61 Å². The summed E-state index contributed by atoms with van der Waals surface area (Å²) >= 11 is 1.22. The van der Waals surface area contributed by atoms with Crippen LogP contribution >= 0.6 is 11.3 Å². The van der Waals surface area contributed by atoms with E-state index in [9.17, 15) is 9.90 Å². The smallest absolute Gasteiger partial charge is 0.265 e. The Kier molecular flexibility index (Phi) is 5.56. The molecule has 0 radical (unpaired) electrons. The van der Waals surface area contributed by atoms with Crippen LogP contribution in [-0.4, -0.2) is 36.2 Å². The average molecular weight is 286 g/mol. The number of nitrogens with one attached hydrogen (secondary N) is 2. The summed E-state index contributed by atoms with van der Waals surface area (Å²) in [6.07, 6.45) is 1.61. The van der Waals surface area contributed by atoms with Crippen LogP contribution in [0.4, 0.5) is 10.9 Å². The second-order valence-corrected chi connectivity index (χ2v) is 5.53. The van der Waals surface area contributed by atoms with E-state index in [0.717, 1.165) is 12.8 Å². The summed E-state index contributed by atoms with van der Waals surface area (Å²) in [5, 5.41) is 15.8. The van der Waals surface area contributed by atoms with E-state index in [2.05, 4.69) is 15.6 Å². The summed E-state index contributed by atoms with van der Waals surface area (Å²) in [5.41, 5.74) is 5.44. The van der Waals surface area contributed by atoms with Gasteiger partial charge in [-0.3, -0.25) is 4.79 Å². The second kappa shape index (κ2) is 6.72. The Labute approximate surface area is 117 Å². The fourth-order valence-electron chi connectivity index (χ4n) is 1.73. The predicted molar refractivity (Wildman–Crippen MR) is 78.5 cm³/mol. The molecule has 0 aromatic carbocycles. The minimum absolute atomic E-state index is 0.0558. The van der Waals surface area contributed by atoms with Crippen LogP contribution in [0.5, 0.6) is 0 Å². The molecule has 6 nitrogen and oxygen atoms in total. The summed E-state index contributed by atoms with van der Waals surface area (Å²) < 4.78 is 0. The molecule has 0 aliphatic rings. The van der Waals surface area contributed by atoms with Crippen LogP contribution in [0.2, 0.25) is 0 Å². The number of aromatic nitrogens is 1. The number of amides is 1. The highest BCUT2D eigenvalue weighted by atomic mass is 32.1. The van der Waals surface area contributed by atoms with Crippen molar-refractivity contribution in [3.63, 3.8) is 0 Å². The number of carbonyl (C=O) groups is 1. The summed E-state index contributed by atoms with van der Waals surface area (Å²) in [6, 6.07) is 0. The third-order valence-corrected chi connectivity index (χ3v) is 4.62. The lowest BCUT2D eigenvalue weighted by Crippen LogP contribution is -2.39. The van der Waals surface area contributed by atoms with Crippen LogP contribution < -0.4 is 16.4 Å². The maximum atomic E-state index is 12.1. The van der Waals surface area contributed by atoms with E-state index < -0.39 is 0 Å². The van der Waals surface area contributed by atoms with Gasteiger partial charge in [0.1, 0.15) is 10.7 Å². The van der Waals surface area contributed by atoms with Gasteiger partial charge < -0.3 is 21.5 Å². The number of carbonyl (C=O) groups excluding carboxylic acids is 1. The highest BCUT2D eigenvalue weighted by Gasteiger charge is 2.27. The number of anilines is 2. The molecule has 1 aromatic rings. The zero-order chi connectivity index (χ0) is 14.5. The lowest BCUT2D eigenvalue weighted by atomic mass is 9.83. The first kappa shape index (κ1) is 15.7. The third kappa shape index (κ3) is 3.57. The molecule has 7 heteroatoms. The summed E-state index contributed by atoms with van der Waals surface area (Å²) in [4.78, 5) is 16.5. The van der Waals surface area contributed by atoms with Crippen molar-refractivity contribution in [1.82, 2.24) is 10.3 Å². The number of rotatable bonds is 7. The Morgan fingerprint density at radius 2 is 2.11 bits per heavy atom. The molecule has 0 aliphatic carbocycles. The van der Waals surface area contributed by atoms with Gasteiger partial charge in [-0.25, -0.2) is 4.98 Å². The van der Waals surface area contributed by atoms with E-state index in [1.54, 1.807) is 7.05 Å². The number of hydrogen-bond acceptors (Lipinski definition) is 6. The number of nitrogen functional groups attached to an aromatic ring is 1. The van der Waals surface area contributed by atoms with Gasteiger partial charge in [0, 0.05) is 19.0 Å². The molecule has 108 valence electrons. The van der Waals surface area contributed by atoms with Gasteiger partial charge in [-0.1, -0.05) is 25.2 Å². The second-order valence-electron chi connectivity index (χ2n) is 4.53. The Balaban J connectivity index is 2.71. The van der Waals surface area contributed by atoms with Crippen molar-refractivity contribution >= 4 is 28.2 Å². The van der Waals surface area contributed by atoms with Crippen LogP contribution in [-0.2, 0) is 0 Å². The van der Waals surface area contributed by atoms with E-state index >= 15 is 0 Å². The zero-order valence-corrected chi connectivity index (χ0v) is 12.4. The molecule has 5 N–H and O–H groups in total. The standard InChI is InChI=1S/C12H22N4O2S/c1-4-12(5-2,7-17)6-15-10(18)8-9(13)16-11(14-3)19-8/h17H,4-7,13H2,1-3H3,(H,14,16)(H,15,18). The van der Waals surface area contributed by atoms with Crippen LogP contribution in [0.25, 0.3) is 0 Å². The monoisotopic (exact) mass is 286 g/mol. The largest absolute Gasteiger partial charge is 0.396 e. The molecule has 1 heterocycles. The lowest BCUT2D eigenvalue weighted by Gasteiger charge is -2.29. The van der Waals surface area contributed by atoms with Crippen molar-refractivity contribution < 1.29 is 9.90 Å². The molecule has 1 rings (SSSR count). The van der Waals surface area contributed by atoms with E-state index in [0.29, 0.717) is 16.6 Å². The SMILES string of the molecule is CCC(CC)(CO)CNC(=O)c1sc(NC)nc1N. The number of thiazole rings is 1. The van der Waals surface area contributed by atoms with Crippen LogP contribution in [0, 0.1) is 5.41 Å². The minimum atomic E-state index is -0.263. The highest BCUT2D eigenvalue weighted by Crippen LogP contribution is 2.26. The van der Waals surface area contributed by atoms with Gasteiger partial charge in [-0.2, -0.15) is 0 Å². The molecule has 0 saturated heterocycles. The summed E-state index contributed by atoms with van der Waals surface area (Å²) in [7, 11) is 1.73. The molecule has 0 spiro atoms. The molecule has 0 unspecified atom stereocenters. The minimum Gasteiger partial charge on any atom is -0.396 e. The van der Waals surface area contributed by atoms with Crippen LogP contribution in [0.1, 0.15) is 36.4 Å². The maximum absolute atomic E-state index is 12.1. The average Bonchev–Trinajstić information content (AvgIpc) is 2.82. The molecule has 0 bridgehead atoms. The summed E-state index contributed by atoms with van der Waals surface area (Å²) in [5.74, 6) is -0.00864. The van der Waals surface area contributed by atoms with Crippen molar-refractivity contribution in [2.75, 3.05) is 31.2 Å². The van der Waals surface area contributed by atoms with Crippen molar-refractivity contribution in [2.24, 2.45) is 5.41 Å². The fourth-order valence-corrected chi connectivity index (χ4v) is 2.48. The predicted octanol–water partition coefficient (Wildman–Crippen LogP) is 1.30. The molecule has 0 atom stereocenters. The van der Waals surface area contributed by atoms with Gasteiger partial charge in [0.25, 0.3) is 5.91 Å². The first-order chi connectivity index (χ1) is 9.01. The Hall–Kier alpha value is -1.34. The van der Waals surface area contributed by atoms with Gasteiger partial charge in [0.2, 0.25) is 0 Å². The van der Waals surface area contributed by atoms with Crippen molar-refractivity contribution in [3.05, 3.63) is 4.88 Å². The van der Waals surface area contributed by atoms with E-state index in [1.165, 1.54) is 11.3 Å². The molecular formula is C12H22N4O2S. The molecule has 19 heavy (non-hydrogen) atoms. The number of aliphatic hydroxyl groups is 1. The summed E-state index contributed by atoms with van der Waals surface area (Å²) in [6.45, 7) is 4.50. The van der Waals surface area contributed by atoms with Crippen molar-refractivity contribution in [1.29, 1.82) is 0 Å². The van der Waals surface area contributed by atoms with Crippen LogP contribution in [0.15, 0.2) is 0 Å². The van der Waals surface area contributed by atoms with Crippen LogP contribution in [0.3, 0.4) is 0 Å². The molecule has 1 amide bonds. The number of nitrogens with zero attached hydrogens (tertiary/aromatic N) is 1. The fraction of sp³-hybridized carbons (Fsp3) is 0.667. The number of aliphatic hydroxyl groups excluding tert-OH is 1. The highest BCUT2D eigenvalue weighted by molar-refractivity contribution is 7.18. The lowest BCUT2D eigenvalue weighted by molar-refractivity contribution is 0.0855. The quantitative estimate of drug-likeness (QED) is 0.605. The molecular weight excluding hydrogens is 264 g/mol. The van der Waals surface area contributed by atoms with Gasteiger partial charge >= 0.3 is 0 Å². The maximum Gasteiger partial charge on any atom is 0.265 e. The van der Waals surface area contributed by atoms with E-state index in [-0.39, 0.29) is 23.7 Å². The third-order valence-electron chi connectivity index (χ3n) is 3.53. The Morgan fingerprint density at radius 1 is 1.47 bits per heavy atom. The van der Waals surface area contributed by atoms with E-state index in [1.807, 2.05) is 13.8 Å². The number of nitrogens with two attached hydrogens (primary N) is 1. The van der Waals surface area contributed by atoms with Crippen molar-refractivity contribution in [2.45, 2.75) is 26.7 Å². The van der Waals surface area contributed by atoms with Gasteiger partial charge in [0.15, 0.2) is 5.13 Å². The van der Waals surface area contributed by atoms with Gasteiger partial charge in [-0.15, -0.1) is 0 Å². The zero-order valence-electron chi connectivity index (χ0n) is 11.6. The first-order valence-corrected chi connectivity index (χ1v) is 7.16.